The molecular formula is C37H39BrN2O5. The molecule has 4 aliphatic rings. The Morgan fingerprint density at radius 3 is 2.09 bits per heavy atom. The van der Waals surface area contributed by atoms with Gasteiger partial charge < -0.3 is 23.7 Å². The van der Waals surface area contributed by atoms with Gasteiger partial charge in [-0.2, -0.15) is 0 Å². The molecule has 0 aliphatic carbocycles. The van der Waals surface area contributed by atoms with Gasteiger partial charge in [0.2, 0.25) is 5.75 Å². The highest BCUT2D eigenvalue weighted by Crippen LogP contribution is 2.51. The van der Waals surface area contributed by atoms with Crippen LogP contribution in [0.4, 0.5) is 0 Å². The predicted octanol–water partition coefficient (Wildman–Crippen LogP) is 7.92. The number of hydrogen-bond donors (Lipinski definition) is 0. The molecule has 7 nitrogen and oxygen atoms in total. The summed E-state index contributed by atoms with van der Waals surface area (Å²) in [5.41, 5.74) is 7.25. The van der Waals surface area contributed by atoms with Gasteiger partial charge in [-0.1, -0.05) is 18.2 Å². The molecule has 0 aromatic heterocycles. The molecule has 4 heterocycles. The van der Waals surface area contributed by atoms with Gasteiger partial charge in [0, 0.05) is 30.7 Å². The summed E-state index contributed by atoms with van der Waals surface area (Å²) in [4.78, 5) is 4.83. The lowest BCUT2D eigenvalue weighted by Crippen LogP contribution is -2.34. The predicted molar refractivity (Wildman–Crippen MR) is 179 cm³/mol. The van der Waals surface area contributed by atoms with Crippen molar-refractivity contribution in [1.82, 2.24) is 9.80 Å². The third kappa shape index (κ3) is 5.53. The summed E-state index contributed by atoms with van der Waals surface area (Å²) >= 11 is 3.72. The van der Waals surface area contributed by atoms with E-state index >= 15 is 0 Å². The lowest BCUT2D eigenvalue weighted by molar-refractivity contribution is 0.220. The Morgan fingerprint density at radius 1 is 0.689 bits per heavy atom. The van der Waals surface area contributed by atoms with Crippen LogP contribution in [0.2, 0.25) is 0 Å². The van der Waals surface area contributed by atoms with Crippen LogP contribution in [-0.4, -0.2) is 58.3 Å². The number of rotatable bonds is 3. The van der Waals surface area contributed by atoms with E-state index in [1.54, 1.807) is 21.3 Å². The van der Waals surface area contributed by atoms with Crippen LogP contribution in [0.1, 0.15) is 45.5 Å². The molecule has 0 fully saturated rings. The number of benzene rings is 4. The second-order valence-electron chi connectivity index (χ2n) is 12.2. The molecule has 8 rings (SSSR count). The van der Waals surface area contributed by atoms with Gasteiger partial charge in [-0.3, -0.25) is 9.80 Å². The van der Waals surface area contributed by atoms with Gasteiger partial charge in [0.1, 0.15) is 11.5 Å². The second kappa shape index (κ2) is 12.2. The number of hydrogen-bond acceptors (Lipinski definition) is 7. The van der Waals surface area contributed by atoms with Crippen LogP contribution >= 0.6 is 15.9 Å². The maximum atomic E-state index is 7.02. The molecule has 6 bridgehead atoms. The number of fused-ring (bicyclic) bond motifs is 2. The van der Waals surface area contributed by atoms with Gasteiger partial charge in [-0.25, -0.2) is 0 Å². The highest BCUT2D eigenvalue weighted by Gasteiger charge is 2.34. The van der Waals surface area contributed by atoms with Gasteiger partial charge in [0.15, 0.2) is 23.0 Å². The Bertz CT molecular complexity index is 1740. The molecule has 8 heteroatoms. The van der Waals surface area contributed by atoms with E-state index in [4.69, 9.17) is 23.7 Å². The Morgan fingerprint density at radius 2 is 1.36 bits per heavy atom. The van der Waals surface area contributed by atoms with Gasteiger partial charge in [-0.15, -0.1) is 0 Å². The zero-order chi connectivity index (χ0) is 31.2. The summed E-state index contributed by atoms with van der Waals surface area (Å²) < 4.78 is 32.3. The molecule has 4 aromatic rings. The Hall–Kier alpha value is -3.72. The smallest absolute Gasteiger partial charge is 0.204 e. The molecule has 4 aliphatic heterocycles. The van der Waals surface area contributed by atoms with E-state index in [2.05, 4.69) is 100 Å². The Balaban J connectivity index is 1.46. The van der Waals surface area contributed by atoms with Crippen molar-refractivity contribution in [1.29, 1.82) is 0 Å². The average Bonchev–Trinajstić information content (AvgIpc) is 3.05. The number of halogens is 1. The largest absolute Gasteiger partial charge is 0.493 e. The molecule has 0 saturated carbocycles. The third-order valence-corrected chi connectivity index (χ3v) is 10.3. The van der Waals surface area contributed by atoms with Crippen LogP contribution in [0.3, 0.4) is 0 Å². The van der Waals surface area contributed by atoms with Crippen LogP contribution in [0, 0.1) is 0 Å². The van der Waals surface area contributed by atoms with Crippen molar-refractivity contribution in [2.75, 3.05) is 48.5 Å². The fourth-order valence-electron chi connectivity index (χ4n) is 7.10. The Labute approximate surface area is 273 Å². The van der Waals surface area contributed by atoms with Gasteiger partial charge >= 0.3 is 0 Å². The first-order valence-corrected chi connectivity index (χ1v) is 16.3. The molecule has 2 atom stereocenters. The molecule has 0 saturated heterocycles. The fourth-order valence-corrected chi connectivity index (χ4v) is 7.43. The minimum Gasteiger partial charge on any atom is -0.493 e. The van der Waals surface area contributed by atoms with Gasteiger partial charge in [0.05, 0.1) is 25.8 Å². The molecular weight excluding hydrogens is 632 g/mol. The van der Waals surface area contributed by atoms with E-state index in [0.717, 1.165) is 60.3 Å². The van der Waals surface area contributed by atoms with E-state index in [1.807, 2.05) is 0 Å². The van der Waals surface area contributed by atoms with E-state index in [0.29, 0.717) is 28.7 Å². The van der Waals surface area contributed by atoms with Crippen LogP contribution in [0.15, 0.2) is 65.1 Å². The zero-order valence-electron chi connectivity index (χ0n) is 26.5. The lowest BCUT2D eigenvalue weighted by atomic mass is 9.87. The number of likely N-dealkylation sites (N-methyl/N-ethyl adjacent to an activating group) is 2. The first-order chi connectivity index (χ1) is 21.9. The van der Waals surface area contributed by atoms with Gasteiger partial charge in [0.25, 0.3) is 0 Å². The quantitative estimate of drug-likeness (QED) is 0.220. The highest BCUT2D eigenvalue weighted by atomic mass is 79.9. The van der Waals surface area contributed by atoms with Crippen molar-refractivity contribution in [3.05, 3.63) is 98.5 Å². The maximum Gasteiger partial charge on any atom is 0.204 e. The Kier molecular flexibility index (Phi) is 8.14. The third-order valence-electron chi connectivity index (χ3n) is 9.62. The molecule has 0 radical (unpaired) electrons. The van der Waals surface area contributed by atoms with Crippen molar-refractivity contribution in [3.63, 3.8) is 0 Å². The summed E-state index contributed by atoms with van der Waals surface area (Å²) in [6.45, 7) is 1.88. The maximum absolute atomic E-state index is 7.02. The molecule has 0 unspecified atom stereocenters. The van der Waals surface area contributed by atoms with E-state index in [9.17, 15) is 0 Å². The lowest BCUT2D eigenvalue weighted by Gasteiger charge is -2.37. The van der Waals surface area contributed by atoms with Gasteiger partial charge in [-0.05, 0) is 126 Å². The SMILES string of the molecule is COc1cc2c3cc1Oc1c(OC)c(OC)cc4c1[C@H](Cc1ccc(cc1)Oc1cc(ccc1Br)C[C@H]3N(C)CC2)N(C)CC4. The van der Waals surface area contributed by atoms with E-state index in [-0.39, 0.29) is 12.1 Å². The van der Waals surface area contributed by atoms with Crippen molar-refractivity contribution in [3.8, 4) is 40.2 Å². The minimum atomic E-state index is 0.0579. The first-order valence-electron chi connectivity index (χ1n) is 15.5. The molecule has 0 N–H and O–H groups in total. The number of nitrogens with zero attached hydrogens (tertiary/aromatic N) is 2. The second-order valence-corrected chi connectivity index (χ2v) is 13.1. The molecule has 0 amide bonds. The van der Waals surface area contributed by atoms with Crippen LogP contribution in [0.5, 0.6) is 40.2 Å². The molecule has 0 spiro atoms. The topological polar surface area (TPSA) is 52.6 Å². The fraction of sp³-hybridized carbons (Fsp3) is 0.351. The van der Waals surface area contributed by atoms with Crippen LogP contribution in [-0.2, 0) is 25.7 Å². The standard InChI is InChI=1S/C37H39BrN2O5/c1-39-14-12-24-19-32(41-3)33-21-27(24)29(39)17-23-8-11-28(38)31(18-23)44-26-9-6-22(7-10-26)16-30-35-25(13-15-40(30)2)20-34(42-4)36(43-5)37(35)45-33/h6-11,18-21,29-30H,12-17H2,1-5H3/t29-,30+/m1/s1. The van der Waals surface area contributed by atoms with Crippen molar-refractivity contribution in [2.24, 2.45) is 0 Å². The monoisotopic (exact) mass is 670 g/mol. The van der Waals surface area contributed by atoms with E-state index in [1.165, 1.54) is 27.8 Å². The minimum absolute atomic E-state index is 0.0579. The number of ether oxygens (including phenoxy) is 5. The van der Waals surface area contributed by atoms with Crippen LogP contribution < -0.4 is 23.7 Å². The molecule has 234 valence electrons. The average molecular weight is 672 g/mol. The summed E-state index contributed by atoms with van der Waals surface area (Å²) in [6, 6.07) is 21.5. The normalized spacial score (nSPS) is 19.4. The number of methoxy groups -OCH3 is 3. The van der Waals surface area contributed by atoms with Crippen molar-refractivity contribution >= 4 is 15.9 Å². The first kappa shape index (κ1) is 30.0. The van der Waals surface area contributed by atoms with Crippen molar-refractivity contribution in [2.45, 2.75) is 37.8 Å². The summed E-state index contributed by atoms with van der Waals surface area (Å²) in [7, 11) is 9.45. The molecule has 45 heavy (non-hydrogen) atoms. The van der Waals surface area contributed by atoms with Crippen molar-refractivity contribution < 1.29 is 23.7 Å². The summed E-state index contributed by atoms with van der Waals surface area (Å²) in [5, 5.41) is 0. The zero-order valence-corrected chi connectivity index (χ0v) is 28.1. The summed E-state index contributed by atoms with van der Waals surface area (Å²) in [5.74, 6) is 4.93. The summed E-state index contributed by atoms with van der Waals surface area (Å²) in [6.07, 6.45) is 3.44. The molecule has 4 aromatic carbocycles. The van der Waals surface area contributed by atoms with E-state index < -0.39 is 0 Å². The van der Waals surface area contributed by atoms with Crippen LogP contribution in [0.25, 0.3) is 0 Å². The highest BCUT2D eigenvalue weighted by molar-refractivity contribution is 9.10.